The van der Waals surface area contributed by atoms with Crippen LogP contribution >= 0.6 is 11.3 Å². The third-order valence-electron chi connectivity index (χ3n) is 3.18. The largest absolute Gasteiger partial charge is 0.494 e. The maximum atomic E-state index is 5.46. The Kier molecular flexibility index (Phi) is 5.56. The number of hydrogen-bond acceptors (Lipinski definition) is 4. The van der Waals surface area contributed by atoms with Crippen molar-refractivity contribution in [2.45, 2.75) is 39.8 Å². The molecule has 0 radical (unpaired) electrons. The summed E-state index contributed by atoms with van der Waals surface area (Å²) in [6.45, 7) is 7.89. The van der Waals surface area contributed by atoms with Gasteiger partial charge in [-0.1, -0.05) is 19.1 Å². The van der Waals surface area contributed by atoms with Crippen LogP contribution in [-0.2, 0) is 13.0 Å². The molecule has 0 bridgehead atoms. The van der Waals surface area contributed by atoms with E-state index in [-0.39, 0.29) is 0 Å². The van der Waals surface area contributed by atoms with Crippen LogP contribution in [0.4, 0.5) is 0 Å². The van der Waals surface area contributed by atoms with Gasteiger partial charge < -0.3 is 10.1 Å². The highest BCUT2D eigenvalue weighted by Gasteiger charge is 2.06. The molecule has 0 fully saturated rings. The van der Waals surface area contributed by atoms with Crippen LogP contribution in [0, 0.1) is 0 Å². The number of ether oxygens (including phenoxy) is 1. The van der Waals surface area contributed by atoms with Crippen molar-refractivity contribution in [2.24, 2.45) is 0 Å². The average molecular weight is 290 g/mol. The zero-order valence-electron chi connectivity index (χ0n) is 12.3. The van der Waals surface area contributed by atoms with Crippen LogP contribution in [0.15, 0.2) is 30.5 Å². The molecular formula is C16H22N2OS. The van der Waals surface area contributed by atoms with E-state index in [4.69, 9.17) is 4.74 Å². The number of rotatable bonds is 7. The summed E-state index contributed by atoms with van der Waals surface area (Å²) in [5, 5.41) is 4.74. The number of benzene rings is 1. The Bertz CT molecular complexity index is 522. The summed E-state index contributed by atoms with van der Waals surface area (Å²) in [6.07, 6.45) is 2.99. The van der Waals surface area contributed by atoms with Gasteiger partial charge in [-0.2, -0.15) is 0 Å². The van der Waals surface area contributed by atoms with E-state index in [9.17, 15) is 0 Å². The molecule has 0 aliphatic carbocycles. The SMILES string of the molecule is CCOc1ccc(C(C)NCc2cnc(CC)s2)cc1. The highest BCUT2D eigenvalue weighted by molar-refractivity contribution is 7.11. The quantitative estimate of drug-likeness (QED) is 0.838. The van der Waals surface area contributed by atoms with Crippen LogP contribution in [0.2, 0.25) is 0 Å². The molecule has 1 aromatic carbocycles. The van der Waals surface area contributed by atoms with Crippen molar-refractivity contribution in [2.75, 3.05) is 6.61 Å². The average Bonchev–Trinajstić information content (AvgIpc) is 2.94. The van der Waals surface area contributed by atoms with E-state index in [1.165, 1.54) is 15.4 Å². The van der Waals surface area contributed by atoms with Crippen LogP contribution in [0.5, 0.6) is 5.75 Å². The predicted molar refractivity (Wildman–Crippen MR) is 84.4 cm³/mol. The molecule has 1 N–H and O–H groups in total. The van der Waals surface area contributed by atoms with Gasteiger partial charge in [0.05, 0.1) is 11.6 Å². The van der Waals surface area contributed by atoms with Crippen molar-refractivity contribution in [3.63, 3.8) is 0 Å². The summed E-state index contributed by atoms with van der Waals surface area (Å²) < 4.78 is 5.46. The monoisotopic (exact) mass is 290 g/mol. The molecule has 1 aromatic heterocycles. The fourth-order valence-corrected chi connectivity index (χ4v) is 2.80. The topological polar surface area (TPSA) is 34.1 Å². The van der Waals surface area contributed by atoms with E-state index in [0.717, 1.165) is 18.7 Å². The summed E-state index contributed by atoms with van der Waals surface area (Å²) in [6, 6.07) is 8.61. The molecule has 2 rings (SSSR count). The lowest BCUT2D eigenvalue weighted by Crippen LogP contribution is -2.17. The highest BCUT2D eigenvalue weighted by Crippen LogP contribution is 2.19. The maximum Gasteiger partial charge on any atom is 0.119 e. The first-order valence-electron chi connectivity index (χ1n) is 7.12. The van der Waals surface area contributed by atoms with E-state index in [1.807, 2.05) is 25.3 Å². The number of aromatic nitrogens is 1. The standard InChI is InChI=1S/C16H22N2OS/c1-4-16-18-11-15(20-16)10-17-12(3)13-6-8-14(9-7-13)19-5-2/h6-9,11-12,17H,4-5,10H2,1-3H3. The normalized spacial score (nSPS) is 12.3. The van der Waals surface area contributed by atoms with Crippen molar-refractivity contribution in [3.8, 4) is 5.75 Å². The van der Waals surface area contributed by atoms with Crippen LogP contribution in [-0.4, -0.2) is 11.6 Å². The van der Waals surface area contributed by atoms with Crippen LogP contribution in [0.3, 0.4) is 0 Å². The van der Waals surface area contributed by atoms with Gasteiger partial charge in [0.15, 0.2) is 0 Å². The van der Waals surface area contributed by atoms with Gasteiger partial charge in [0.25, 0.3) is 0 Å². The third kappa shape index (κ3) is 4.05. The Morgan fingerprint density at radius 1 is 1.25 bits per heavy atom. The van der Waals surface area contributed by atoms with Crippen LogP contribution in [0.1, 0.15) is 42.3 Å². The first-order valence-corrected chi connectivity index (χ1v) is 7.94. The fraction of sp³-hybridized carbons (Fsp3) is 0.438. The summed E-state index contributed by atoms with van der Waals surface area (Å²) >= 11 is 1.79. The highest BCUT2D eigenvalue weighted by atomic mass is 32.1. The lowest BCUT2D eigenvalue weighted by Gasteiger charge is -2.14. The van der Waals surface area contributed by atoms with Gasteiger partial charge in [-0.15, -0.1) is 11.3 Å². The van der Waals surface area contributed by atoms with E-state index in [1.54, 1.807) is 11.3 Å². The molecule has 0 spiro atoms. The second-order valence-electron chi connectivity index (χ2n) is 4.68. The zero-order chi connectivity index (χ0) is 14.4. The second-order valence-corrected chi connectivity index (χ2v) is 5.88. The molecule has 0 aliphatic rings. The molecular weight excluding hydrogens is 268 g/mol. The van der Waals surface area contributed by atoms with Crippen LogP contribution < -0.4 is 10.1 Å². The Balaban J connectivity index is 1.89. The zero-order valence-corrected chi connectivity index (χ0v) is 13.2. The second kappa shape index (κ2) is 7.41. The van der Waals surface area contributed by atoms with Gasteiger partial charge in [-0.3, -0.25) is 0 Å². The number of nitrogens with zero attached hydrogens (tertiary/aromatic N) is 1. The van der Waals surface area contributed by atoms with Gasteiger partial charge in [0.1, 0.15) is 5.75 Å². The number of thiazole rings is 1. The van der Waals surface area contributed by atoms with E-state index < -0.39 is 0 Å². The molecule has 20 heavy (non-hydrogen) atoms. The van der Waals surface area contributed by atoms with Crippen LogP contribution in [0.25, 0.3) is 0 Å². The predicted octanol–water partition coefficient (Wildman–Crippen LogP) is 3.96. The van der Waals surface area contributed by atoms with E-state index >= 15 is 0 Å². The number of hydrogen-bond donors (Lipinski definition) is 1. The Hall–Kier alpha value is -1.39. The molecule has 2 aromatic rings. The van der Waals surface area contributed by atoms with Crippen molar-refractivity contribution < 1.29 is 4.74 Å². The first-order chi connectivity index (χ1) is 9.72. The fourth-order valence-electron chi connectivity index (χ4n) is 1.98. The van der Waals surface area contributed by atoms with Crippen molar-refractivity contribution in [1.82, 2.24) is 10.3 Å². The van der Waals surface area contributed by atoms with Crippen molar-refractivity contribution >= 4 is 11.3 Å². The Labute approximate surface area is 125 Å². The summed E-state index contributed by atoms with van der Waals surface area (Å²) in [7, 11) is 0. The van der Waals surface area contributed by atoms with E-state index in [2.05, 4.69) is 36.3 Å². The Morgan fingerprint density at radius 3 is 2.60 bits per heavy atom. The van der Waals surface area contributed by atoms with Crippen molar-refractivity contribution in [1.29, 1.82) is 0 Å². The maximum absolute atomic E-state index is 5.46. The third-order valence-corrected chi connectivity index (χ3v) is 4.32. The minimum atomic E-state index is 0.317. The molecule has 1 atom stereocenters. The van der Waals surface area contributed by atoms with Gasteiger partial charge >= 0.3 is 0 Å². The lowest BCUT2D eigenvalue weighted by atomic mass is 10.1. The van der Waals surface area contributed by atoms with Gasteiger partial charge in [0.2, 0.25) is 0 Å². The smallest absolute Gasteiger partial charge is 0.119 e. The summed E-state index contributed by atoms with van der Waals surface area (Å²) in [5.74, 6) is 0.929. The summed E-state index contributed by atoms with van der Waals surface area (Å²) in [4.78, 5) is 5.67. The number of aryl methyl sites for hydroxylation is 1. The molecule has 108 valence electrons. The molecule has 1 unspecified atom stereocenters. The number of nitrogens with one attached hydrogen (secondary N) is 1. The molecule has 0 amide bonds. The molecule has 0 saturated heterocycles. The molecule has 3 nitrogen and oxygen atoms in total. The molecule has 1 heterocycles. The lowest BCUT2D eigenvalue weighted by molar-refractivity contribution is 0.340. The first kappa shape index (κ1) is 15.0. The molecule has 0 saturated carbocycles. The van der Waals surface area contributed by atoms with Gasteiger partial charge in [0, 0.05) is 23.7 Å². The molecule has 0 aliphatic heterocycles. The minimum Gasteiger partial charge on any atom is -0.494 e. The Morgan fingerprint density at radius 2 is 2.00 bits per heavy atom. The summed E-state index contributed by atoms with van der Waals surface area (Å²) in [5.41, 5.74) is 1.27. The minimum absolute atomic E-state index is 0.317. The van der Waals surface area contributed by atoms with E-state index in [0.29, 0.717) is 12.6 Å². The van der Waals surface area contributed by atoms with Gasteiger partial charge in [-0.05, 0) is 38.0 Å². The van der Waals surface area contributed by atoms with Crippen molar-refractivity contribution in [3.05, 3.63) is 45.9 Å². The van der Waals surface area contributed by atoms with Gasteiger partial charge in [-0.25, -0.2) is 4.98 Å². The molecule has 4 heteroatoms.